The minimum atomic E-state index is 0.0302. The van der Waals surface area contributed by atoms with Crippen molar-refractivity contribution in [2.75, 3.05) is 72.6 Å². The zero-order valence-corrected chi connectivity index (χ0v) is 35.8. The molecule has 0 spiro atoms. The molecule has 0 aliphatic heterocycles. The van der Waals surface area contributed by atoms with Gasteiger partial charge in [0.1, 0.15) is 6.61 Å². The van der Waals surface area contributed by atoms with Gasteiger partial charge in [-0.25, -0.2) is 0 Å². The van der Waals surface area contributed by atoms with Crippen LogP contribution in [0.15, 0.2) is 0 Å². The lowest BCUT2D eigenvalue weighted by atomic mass is 10.0. The highest BCUT2D eigenvalue weighted by molar-refractivity contribution is 5.77. The van der Waals surface area contributed by atoms with Gasteiger partial charge in [0.05, 0.1) is 52.9 Å². The quantitative estimate of drug-likeness (QED) is 0.0623. The second-order valence-corrected chi connectivity index (χ2v) is 15.6. The van der Waals surface area contributed by atoms with Gasteiger partial charge in [-0.2, -0.15) is 0 Å². The van der Waals surface area contributed by atoms with E-state index in [2.05, 4.69) is 18.7 Å². The molecule has 0 aromatic rings. The molecule has 318 valence electrons. The number of hydrogen-bond acceptors (Lipinski definition) is 6. The smallest absolute Gasteiger partial charge is 0.248 e. The maximum Gasteiger partial charge on any atom is 0.248 e. The lowest BCUT2D eigenvalue weighted by Gasteiger charge is -2.23. The van der Waals surface area contributed by atoms with E-state index in [1.54, 1.807) is 0 Å². The zero-order chi connectivity index (χ0) is 38.4. The van der Waals surface area contributed by atoms with Crippen LogP contribution < -0.4 is 0 Å². The SMILES string of the molecule is CCCCCCCCCCCCCCCCCCN(CCCCCCCCCCCCCCCCCC)C(=O)COCCOCCOCCOCCO. The summed E-state index contributed by atoms with van der Waals surface area (Å²) in [7, 11) is 0. The summed E-state index contributed by atoms with van der Waals surface area (Å²) in [4.78, 5) is 15.2. The molecule has 1 N–H and O–H groups in total. The Bertz CT molecular complexity index is 644. The second kappa shape index (κ2) is 47.4. The van der Waals surface area contributed by atoms with Crippen molar-refractivity contribution in [3.8, 4) is 0 Å². The van der Waals surface area contributed by atoms with Gasteiger partial charge in [-0.1, -0.05) is 206 Å². The number of ether oxygens (including phenoxy) is 4. The number of rotatable bonds is 47. The maximum atomic E-state index is 13.1. The van der Waals surface area contributed by atoms with Gasteiger partial charge in [0.15, 0.2) is 0 Å². The molecular weight excluding hydrogens is 663 g/mol. The van der Waals surface area contributed by atoms with Gasteiger partial charge in [0.2, 0.25) is 5.91 Å². The fourth-order valence-electron chi connectivity index (χ4n) is 7.04. The molecule has 0 atom stereocenters. The Hall–Kier alpha value is -0.730. The summed E-state index contributed by atoms with van der Waals surface area (Å²) < 4.78 is 21.9. The number of nitrogens with zero attached hydrogens (tertiary/aromatic N) is 1. The molecule has 7 nitrogen and oxygen atoms in total. The Morgan fingerprint density at radius 1 is 0.358 bits per heavy atom. The van der Waals surface area contributed by atoms with Crippen molar-refractivity contribution >= 4 is 5.91 Å². The molecule has 0 aliphatic rings. The molecule has 1 amide bonds. The molecule has 53 heavy (non-hydrogen) atoms. The minimum Gasteiger partial charge on any atom is -0.394 e. The Balaban J connectivity index is 4.06. The van der Waals surface area contributed by atoms with Gasteiger partial charge in [0, 0.05) is 13.1 Å². The van der Waals surface area contributed by atoms with Gasteiger partial charge in [-0.05, 0) is 12.8 Å². The lowest BCUT2D eigenvalue weighted by Crippen LogP contribution is -2.36. The van der Waals surface area contributed by atoms with E-state index >= 15 is 0 Å². The Morgan fingerprint density at radius 2 is 0.604 bits per heavy atom. The number of aliphatic hydroxyl groups is 1. The molecule has 0 bridgehead atoms. The number of aliphatic hydroxyl groups excluding tert-OH is 1. The van der Waals surface area contributed by atoms with Crippen LogP contribution in [0.2, 0.25) is 0 Å². The summed E-state index contributed by atoms with van der Waals surface area (Å²) in [6.07, 6.45) is 43.6. The van der Waals surface area contributed by atoms with Crippen molar-refractivity contribution in [1.82, 2.24) is 4.90 Å². The predicted molar refractivity (Wildman–Crippen MR) is 226 cm³/mol. The summed E-state index contributed by atoms with van der Waals surface area (Å²) in [6, 6.07) is 0. The van der Waals surface area contributed by atoms with Gasteiger partial charge in [-0.15, -0.1) is 0 Å². The molecule has 0 rings (SSSR count). The zero-order valence-electron chi connectivity index (χ0n) is 35.8. The molecule has 0 saturated heterocycles. The van der Waals surface area contributed by atoms with E-state index in [1.165, 1.54) is 193 Å². The summed E-state index contributed by atoms with van der Waals surface area (Å²) in [5.41, 5.74) is 0. The molecule has 0 aromatic heterocycles. The van der Waals surface area contributed by atoms with Crippen molar-refractivity contribution in [2.24, 2.45) is 0 Å². The molecule has 0 heterocycles. The van der Waals surface area contributed by atoms with Crippen LogP contribution in [-0.4, -0.2) is 88.5 Å². The van der Waals surface area contributed by atoms with Gasteiger partial charge in [0.25, 0.3) is 0 Å². The molecule has 0 unspecified atom stereocenters. The monoisotopic (exact) mass is 756 g/mol. The fraction of sp³-hybridized carbons (Fsp3) is 0.978. The number of hydrogen-bond donors (Lipinski definition) is 1. The normalized spacial score (nSPS) is 11.5. The van der Waals surface area contributed by atoms with Gasteiger partial charge in [-0.3, -0.25) is 4.79 Å². The molecule has 0 fully saturated rings. The Morgan fingerprint density at radius 3 is 0.887 bits per heavy atom. The van der Waals surface area contributed by atoms with Crippen LogP contribution in [0.3, 0.4) is 0 Å². The van der Waals surface area contributed by atoms with E-state index in [-0.39, 0.29) is 19.1 Å². The average molecular weight is 756 g/mol. The average Bonchev–Trinajstić information content (AvgIpc) is 3.17. The third-order valence-electron chi connectivity index (χ3n) is 10.5. The summed E-state index contributed by atoms with van der Waals surface area (Å²) in [5.74, 6) is 0.123. The first-order chi connectivity index (χ1) is 26.3. The molecule has 0 radical (unpaired) electrons. The Labute approximate surface area is 330 Å². The largest absolute Gasteiger partial charge is 0.394 e. The van der Waals surface area contributed by atoms with E-state index in [4.69, 9.17) is 24.1 Å². The van der Waals surface area contributed by atoms with Crippen LogP contribution in [0, 0.1) is 0 Å². The number of carbonyl (C=O) groups excluding carboxylic acids is 1. The van der Waals surface area contributed by atoms with E-state index in [9.17, 15) is 4.79 Å². The first kappa shape index (κ1) is 52.3. The standard InChI is InChI=1S/C46H93NO6/c1-3-5-7-9-11-13-15-17-19-21-23-25-27-29-31-33-35-47(46(49)45-53-44-43-52-42-41-51-40-39-50-38-37-48)36-34-32-30-28-26-24-22-20-18-16-14-12-10-8-6-4-2/h48H,3-45H2,1-2H3. The van der Waals surface area contributed by atoms with Gasteiger partial charge < -0.3 is 29.0 Å². The topological polar surface area (TPSA) is 77.5 Å². The van der Waals surface area contributed by atoms with Crippen LogP contribution in [0.25, 0.3) is 0 Å². The molecule has 7 heteroatoms. The number of unbranched alkanes of at least 4 members (excludes halogenated alkanes) is 30. The van der Waals surface area contributed by atoms with E-state index in [0.29, 0.717) is 46.2 Å². The van der Waals surface area contributed by atoms with Crippen molar-refractivity contribution in [3.05, 3.63) is 0 Å². The van der Waals surface area contributed by atoms with Crippen LogP contribution in [-0.2, 0) is 23.7 Å². The highest BCUT2D eigenvalue weighted by Crippen LogP contribution is 2.16. The van der Waals surface area contributed by atoms with E-state index in [1.807, 2.05) is 0 Å². The first-order valence-electron chi connectivity index (χ1n) is 23.5. The first-order valence-corrected chi connectivity index (χ1v) is 23.5. The molecule has 0 aromatic carbocycles. The van der Waals surface area contributed by atoms with Crippen LogP contribution >= 0.6 is 0 Å². The van der Waals surface area contributed by atoms with Crippen LogP contribution in [0.5, 0.6) is 0 Å². The summed E-state index contributed by atoms with van der Waals surface area (Å²) in [5, 5.41) is 8.71. The predicted octanol–water partition coefficient (Wildman–Crippen LogP) is 12.4. The molecule has 0 saturated carbocycles. The lowest BCUT2D eigenvalue weighted by molar-refractivity contribution is -0.137. The number of amides is 1. The maximum absolute atomic E-state index is 13.1. The van der Waals surface area contributed by atoms with Crippen molar-refractivity contribution < 1.29 is 28.8 Å². The van der Waals surface area contributed by atoms with Crippen LogP contribution in [0.1, 0.15) is 219 Å². The van der Waals surface area contributed by atoms with E-state index < -0.39 is 0 Å². The highest BCUT2D eigenvalue weighted by Gasteiger charge is 2.13. The summed E-state index contributed by atoms with van der Waals surface area (Å²) >= 11 is 0. The number of carbonyl (C=O) groups is 1. The van der Waals surface area contributed by atoms with Crippen molar-refractivity contribution in [1.29, 1.82) is 0 Å². The molecule has 0 aliphatic carbocycles. The Kier molecular flexibility index (Phi) is 46.8. The fourth-order valence-corrected chi connectivity index (χ4v) is 7.04. The second-order valence-electron chi connectivity index (χ2n) is 15.6. The third kappa shape index (κ3) is 43.9. The minimum absolute atomic E-state index is 0.0302. The van der Waals surface area contributed by atoms with Crippen molar-refractivity contribution in [3.63, 3.8) is 0 Å². The van der Waals surface area contributed by atoms with Crippen LogP contribution in [0.4, 0.5) is 0 Å². The van der Waals surface area contributed by atoms with Gasteiger partial charge >= 0.3 is 0 Å². The molecular formula is C46H93NO6. The third-order valence-corrected chi connectivity index (χ3v) is 10.5. The van der Waals surface area contributed by atoms with E-state index in [0.717, 1.165) is 25.9 Å². The van der Waals surface area contributed by atoms with Crippen molar-refractivity contribution in [2.45, 2.75) is 219 Å². The summed E-state index contributed by atoms with van der Waals surface area (Å²) in [6.45, 7) is 9.62. The highest BCUT2D eigenvalue weighted by atomic mass is 16.6.